The smallest absolute Gasteiger partial charge is 0.305 e. The number of anilines is 2. The standard InChI is InChI=1S/C37H49FN6O6Si/c1-24-34(51(3,4)38)32(17-20-43-22-30(41-42-43)27(23-45)25-11-6-5-7-12-25)50-37(24)28-21-26(40-35(47)29-13-10-18-39-29)15-16-31(28)44(36(37)48)19-9-8-14-33(46)49-2/h5-7,11-12,15-16,21-22,24,27,29,32,34,39,45H,8-10,13-14,17-20,23H2,1-4H3,(H,40,47)/t24-,27?,29-,32+,34-,37+/m1/s1. The van der Waals surface area contributed by atoms with E-state index in [4.69, 9.17) is 9.47 Å². The molecule has 2 amide bonds. The van der Waals surface area contributed by atoms with E-state index < -0.39 is 31.6 Å². The first kappa shape index (κ1) is 36.8. The molecule has 0 aliphatic carbocycles. The van der Waals surface area contributed by atoms with Crippen LogP contribution in [0.2, 0.25) is 18.6 Å². The third-order valence-electron chi connectivity index (χ3n) is 10.8. The summed E-state index contributed by atoms with van der Waals surface area (Å²) in [5, 5.41) is 25.1. The van der Waals surface area contributed by atoms with Crippen molar-refractivity contribution in [3.8, 4) is 0 Å². The fourth-order valence-electron chi connectivity index (χ4n) is 8.29. The number of fused-ring (bicyclic) bond motifs is 2. The minimum absolute atomic E-state index is 0.126. The molecule has 3 aliphatic heterocycles. The lowest BCUT2D eigenvalue weighted by Crippen LogP contribution is -2.45. The summed E-state index contributed by atoms with van der Waals surface area (Å²) < 4.78 is 29.8. The van der Waals surface area contributed by atoms with Crippen LogP contribution < -0.4 is 15.5 Å². The number of hydrogen-bond acceptors (Lipinski definition) is 9. The number of nitrogens with one attached hydrogen (secondary N) is 2. The Morgan fingerprint density at radius 3 is 2.67 bits per heavy atom. The van der Waals surface area contributed by atoms with Crippen LogP contribution in [0.25, 0.3) is 0 Å². The molecule has 2 fully saturated rings. The number of esters is 1. The summed E-state index contributed by atoms with van der Waals surface area (Å²) >= 11 is 0. The normalized spacial score (nSPS) is 25.0. The van der Waals surface area contributed by atoms with E-state index in [0.29, 0.717) is 55.0 Å². The van der Waals surface area contributed by atoms with E-state index in [1.54, 1.807) is 34.9 Å². The molecule has 0 saturated carbocycles. The maximum atomic E-state index is 16.4. The fourth-order valence-corrected chi connectivity index (χ4v) is 10.8. The zero-order valence-corrected chi connectivity index (χ0v) is 30.8. The molecule has 1 aromatic heterocycles. The molecule has 14 heteroatoms. The molecule has 3 aromatic rings. The number of ether oxygens (including phenoxy) is 2. The molecule has 6 rings (SSSR count). The number of rotatable bonds is 14. The van der Waals surface area contributed by atoms with Gasteiger partial charge in [-0.25, -0.2) is 0 Å². The van der Waals surface area contributed by atoms with Crippen molar-refractivity contribution in [2.24, 2.45) is 5.92 Å². The Morgan fingerprint density at radius 2 is 1.98 bits per heavy atom. The second-order valence-electron chi connectivity index (χ2n) is 14.5. The van der Waals surface area contributed by atoms with Gasteiger partial charge in [-0.15, -0.1) is 5.10 Å². The monoisotopic (exact) mass is 720 g/mol. The van der Waals surface area contributed by atoms with Gasteiger partial charge in [0.25, 0.3) is 5.91 Å². The van der Waals surface area contributed by atoms with Crippen molar-refractivity contribution in [1.82, 2.24) is 20.3 Å². The van der Waals surface area contributed by atoms with E-state index in [1.807, 2.05) is 49.4 Å². The van der Waals surface area contributed by atoms with Crippen LogP contribution in [0.4, 0.5) is 15.5 Å². The molecular weight excluding hydrogens is 672 g/mol. The molecule has 12 nitrogen and oxygen atoms in total. The van der Waals surface area contributed by atoms with Crippen LogP contribution in [-0.4, -0.2) is 85.2 Å². The van der Waals surface area contributed by atoms with Crippen LogP contribution in [-0.2, 0) is 36.0 Å². The summed E-state index contributed by atoms with van der Waals surface area (Å²) in [6.07, 6.45) is 4.60. The van der Waals surface area contributed by atoms with Gasteiger partial charge in [-0.1, -0.05) is 42.5 Å². The Balaban J connectivity index is 1.28. The van der Waals surface area contributed by atoms with Gasteiger partial charge in [-0.3, -0.25) is 19.1 Å². The van der Waals surface area contributed by atoms with Crippen LogP contribution >= 0.6 is 0 Å². The highest BCUT2D eigenvalue weighted by atomic mass is 28.4. The number of unbranched alkanes of at least 4 members (excludes halogenated alkanes) is 1. The number of aryl methyl sites for hydroxylation is 1. The summed E-state index contributed by atoms with van der Waals surface area (Å²) in [4.78, 5) is 41.3. The van der Waals surface area contributed by atoms with E-state index in [2.05, 4.69) is 20.9 Å². The second kappa shape index (κ2) is 15.3. The Labute approximate surface area is 299 Å². The third kappa shape index (κ3) is 7.37. The van der Waals surface area contributed by atoms with Crippen molar-refractivity contribution in [2.75, 3.05) is 37.0 Å². The lowest BCUT2D eigenvalue weighted by atomic mass is 9.82. The molecule has 1 spiro atoms. The first-order valence-electron chi connectivity index (χ1n) is 18.0. The van der Waals surface area contributed by atoms with Gasteiger partial charge in [-0.2, -0.15) is 0 Å². The number of carbonyl (C=O) groups is 3. The van der Waals surface area contributed by atoms with Crippen molar-refractivity contribution in [3.63, 3.8) is 0 Å². The van der Waals surface area contributed by atoms with Crippen LogP contribution in [0.15, 0.2) is 54.7 Å². The van der Waals surface area contributed by atoms with Gasteiger partial charge >= 0.3 is 5.97 Å². The van der Waals surface area contributed by atoms with Gasteiger partial charge in [0.1, 0.15) is 0 Å². The third-order valence-corrected chi connectivity index (χ3v) is 13.2. The van der Waals surface area contributed by atoms with Gasteiger partial charge < -0.3 is 34.2 Å². The minimum atomic E-state index is -3.43. The first-order chi connectivity index (χ1) is 24.5. The van der Waals surface area contributed by atoms with Crippen molar-refractivity contribution in [3.05, 3.63) is 71.5 Å². The first-order valence-corrected chi connectivity index (χ1v) is 20.9. The summed E-state index contributed by atoms with van der Waals surface area (Å²) in [7, 11) is -2.07. The molecule has 51 heavy (non-hydrogen) atoms. The number of aliphatic hydroxyl groups is 1. The quantitative estimate of drug-likeness (QED) is 0.0938. The van der Waals surface area contributed by atoms with Gasteiger partial charge in [0.05, 0.1) is 43.2 Å². The van der Waals surface area contributed by atoms with E-state index in [1.165, 1.54) is 7.11 Å². The van der Waals surface area contributed by atoms with Crippen LogP contribution in [0.5, 0.6) is 0 Å². The summed E-state index contributed by atoms with van der Waals surface area (Å²) in [5.41, 5.74) is 1.40. The number of aromatic nitrogens is 3. The van der Waals surface area contributed by atoms with Crippen molar-refractivity contribution in [2.45, 2.75) is 94.3 Å². The second-order valence-corrected chi connectivity index (χ2v) is 18.3. The highest BCUT2D eigenvalue weighted by Gasteiger charge is 2.66. The fraction of sp³-hybridized carbons (Fsp3) is 0.541. The number of methoxy groups -OCH3 is 1. The van der Waals surface area contributed by atoms with Crippen molar-refractivity contribution >= 4 is 37.6 Å². The number of halogens is 1. The van der Waals surface area contributed by atoms with Gasteiger partial charge in [0, 0.05) is 48.4 Å². The summed E-state index contributed by atoms with van der Waals surface area (Å²) in [6, 6.07) is 14.8. The predicted molar refractivity (Wildman–Crippen MR) is 192 cm³/mol. The van der Waals surface area contributed by atoms with Gasteiger partial charge in [0.15, 0.2) is 5.60 Å². The largest absolute Gasteiger partial charge is 0.469 e. The SMILES string of the molecule is COC(=O)CCCCN1C(=O)[C@@]2(O[C@@H](CCn3cc(C(CO)c4ccccc4)nn3)[C@H]([Si](C)(C)F)[C@H]2C)c2cc(NC(=O)[C@H]3CCCN3)ccc21. The number of aliphatic hydroxyl groups excluding tert-OH is 1. The van der Waals surface area contributed by atoms with E-state index in [9.17, 15) is 19.5 Å². The molecule has 6 atom stereocenters. The Bertz CT molecular complexity index is 1710. The maximum Gasteiger partial charge on any atom is 0.305 e. The zero-order valence-electron chi connectivity index (χ0n) is 29.8. The average Bonchev–Trinajstić information content (AvgIpc) is 3.91. The molecule has 2 aromatic carbocycles. The van der Waals surface area contributed by atoms with Crippen molar-refractivity contribution in [1.29, 1.82) is 0 Å². The maximum absolute atomic E-state index is 16.4. The number of benzene rings is 2. The Hall–Kier alpha value is -3.98. The van der Waals surface area contributed by atoms with E-state index >= 15 is 4.11 Å². The molecular formula is C37H49FN6O6Si. The highest BCUT2D eigenvalue weighted by Crippen LogP contribution is 2.60. The molecule has 3 aliphatic rings. The van der Waals surface area contributed by atoms with Crippen LogP contribution in [0, 0.1) is 5.92 Å². The van der Waals surface area contributed by atoms with Gasteiger partial charge in [-0.05, 0) is 75.5 Å². The van der Waals surface area contributed by atoms with Crippen molar-refractivity contribution < 1.29 is 33.1 Å². The van der Waals surface area contributed by atoms with Gasteiger partial charge in [0.2, 0.25) is 14.3 Å². The predicted octanol–water partition coefficient (Wildman–Crippen LogP) is 4.65. The molecule has 1 unspecified atom stereocenters. The highest BCUT2D eigenvalue weighted by molar-refractivity contribution is 6.72. The van der Waals surface area contributed by atoms with Crippen LogP contribution in [0.1, 0.15) is 68.2 Å². The summed E-state index contributed by atoms with van der Waals surface area (Å²) in [6.45, 7) is 6.62. The molecule has 0 bridgehead atoms. The lowest BCUT2D eigenvalue weighted by molar-refractivity contribution is -0.146. The Morgan fingerprint density at radius 1 is 1.20 bits per heavy atom. The minimum Gasteiger partial charge on any atom is -0.469 e. The van der Waals surface area contributed by atoms with E-state index in [-0.39, 0.29) is 42.8 Å². The molecule has 0 radical (unpaired) electrons. The van der Waals surface area contributed by atoms with E-state index in [0.717, 1.165) is 24.9 Å². The average molecular weight is 721 g/mol. The lowest BCUT2D eigenvalue weighted by Gasteiger charge is -2.31. The van der Waals surface area contributed by atoms with Crippen LogP contribution in [0.3, 0.4) is 0 Å². The number of nitrogens with zero attached hydrogens (tertiary/aromatic N) is 4. The molecule has 274 valence electrons. The Kier molecular flexibility index (Phi) is 11.1. The number of amides is 2. The molecule has 3 N–H and O–H groups in total. The zero-order chi connectivity index (χ0) is 36.3. The molecule has 2 saturated heterocycles. The number of carbonyl (C=O) groups excluding carboxylic acids is 3. The molecule has 4 heterocycles. The summed E-state index contributed by atoms with van der Waals surface area (Å²) in [5.74, 6) is -1.54. The number of hydrogen-bond donors (Lipinski definition) is 3. The topological polar surface area (TPSA) is 148 Å².